The van der Waals surface area contributed by atoms with Gasteiger partial charge >= 0.3 is 0 Å². The normalized spacial score (nSPS) is 18.6. The third-order valence-corrected chi connectivity index (χ3v) is 1.45. The van der Waals surface area contributed by atoms with Crippen molar-refractivity contribution >= 4 is 0 Å². The van der Waals surface area contributed by atoms with E-state index in [1.54, 1.807) is 6.20 Å². The van der Waals surface area contributed by atoms with E-state index in [0.717, 1.165) is 5.70 Å². The van der Waals surface area contributed by atoms with Crippen LogP contribution in [-0.2, 0) is 0 Å². The van der Waals surface area contributed by atoms with Crippen molar-refractivity contribution in [3.63, 3.8) is 0 Å². The summed E-state index contributed by atoms with van der Waals surface area (Å²) in [5, 5.41) is 0. The molecule has 0 aliphatic carbocycles. The third-order valence-electron chi connectivity index (χ3n) is 1.45. The molecular formula is C10H11N. The Balaban J connectivity index is 2.87. The van der Waals surface area contributed by atoms with E-state index in [-0.39, 0.29) is 0 Å². The quantitative estimate of drug-likeness (QED) is 0.512. The fraction of sp³-hybridized carbons (Fsp3) is 0.100. The van der Waals surface area contributed by atoms with E-state index >= 15 is 0 Å². The Morgan fingerprint density at radius 2 is 2.36 bits per heavy atom. The second-order valence-electron chi connectivity index (χ2n) is 2.15. The van der Waals surface area contributed by atoms with Crippen molar-refractivity contribution in [3.8, 4) is 0 Å². The molecule has 0 saturated carbocycles. The van der Waals surface area contributed by atoms with Crippen LogP contribution in [-0.4, -0.2) is 4.90 Å². The Hall–Kier alpha value is -1.46. The zero-order valence-corrected chi connectivity index (χ0v) is 6.62. The molecule has 1 heterocycles. The van der Waals surface area contributed by atoms with E-state index in [9.17, 15) is 0 Å². The Kier molecular flexibility index (Phi) is 2.53. The summed E-state index contributed by atoms with van der Waals surface area (Å²) in [4.78, 5) is 1.97. The standard InChI is InChI=1S/C10H11N/c1-3-8-11-9-6-5-7-10(11)4-2/h4-9H,1H2,2H3. The monoisotopic (exact) mass is 145 g/mol. The zero-order valence-electron chi connectivity index (χ0n) is 6.62. The lowest BCUT2D eigenvalue weighted by atomic mass is 10.3. The minimum absolute atomic E-state index is 1.14. The van der Waals surface area contributed by atoms with E-state index in [0.29, 0.717) is 0 Å². The first-order chi connectivity index (χ1) is 5.38. The number of hydrogen-bond acceptors (Lipinski definition) is 1. The molecule has 56 valence electrons. The minimum Gasteiger partial charge on any atom is -0.317 e. The highest BCUT2D eigenvalue weighted by Gasteiger charge is 1.99. The molecule has 0 atom stereocenters. The molecule has 11 heavy (non-hydrogen) atoms. The largest absolute Gasteiger partial charge is 0.317 e. The van der Waals surface area contributed by atoms with Gasteiger partial charge in [-0.25, -0.2) is 0 Å². The fourth-order valence-electron chi connectivity index (χ4n) is 0.930. The Labute approximate surface area is 67.3 Å². The summed E-state index contributed by atoms with van der Waals surface area (Å²) in [6, 6.07) is 0. The SMILES string of the molecule is C=C=CN1C=CC=CC1=CC. The molecule has 0 spiro atoms. The van der Waals surface area contributed by atoms with Crippen LogP contribution in [0.3, 0.4) is 0 Å². The van der Waals surface area contributed by atoms with Gasteiger partial charge in [0.2, 0.25) is 0 Å². The van der Waals surface area contributed by atoms with Gasteiger partial charge in [-0.2, -0.15) is 0 Å². The van der Waals surface area contributed by atoms with E-state index in [1.807, 2.05) is 42.3 Å². The number of nitrogens with zero attached hydrogens (tertiary/aromatic N) is 1. The fourth-order valence-corrected chi connectivity index (χ4v) is 0.930. The molecular weight excluding hydrogens is 134 g/mol. The van der Waals surface area contributed by atoms with Gasteiger partial charge in [0.15, 0.2) is 0 Å². The maximum Gasteiger partial charge on any atom is 0.0505 e. The maximum absolute atomic E-state index is 3.52. The zero-order chi connectivity index (χ0) is 8.10. The third kappa shape index (κ3) is 1.73. The molecule has 0 bridgehead atoms. The van der Waals surface area contributed by atoms with Crippen molar-refractivity contribution in [2.75, 3.05) is 0 Å². The molecule has 0 aromatic rings. The highest BCUT2D eigenvalue weighted by molar-refractivity contribution is 5.29. The topological polar surface area (TPSA) is 3.24 Å². The van der Waals surface area contributed by atoms with Gasteiger partial charge in [0, 0.05) is 11.9 Å². The van der Waals surface area contributed by atoms with Gasteiger partial charge in [0.1, 0.15) is 0 Å². The van der Waals surface area contributed by atoms with Gasteiger partial charge in [0.05, 0.1) is 6.20 Å². The summed E-state index contributed by atoms with van der Waals surface area (Å²) >= 11 is 0. The molecule has 0 N–H and O–H groups in total. The minimum atomic E-state index is 1.14. The van der Waals surface area contributed by atoms with E-state index < -0.39 is 0 Å². The van der Waals surface area contributed by atoms with Crippen molar-refractivity contribution in [1.82, 2.24) is 4.90 Å². The predicted octanol–water partition coefficient (Wildman–Crippen LogP) is 2.57. The van der Waals surface area contributed by atoms with Crippen LogP contribution in [0.1, 0.15) is 6.92 Å². The summed E-state index contributed by atoms with van der Waals surface area (Å²) in [6.45, 7) is 5.52. The number of allylic oxidation sites excluding steroid dienone is 4. The Bertz CT molecular complexity index is 263. The summed E-state index contributed by atoms with van der Waals surface area (Å²) in [5.74, 6) is 0. The molecule has 1 aliphatic rings. The van der Waals surface area contributed by atoms with Gasteiger partial charge < -0.3 is 4.90 Å². The predicted molar refractivity (Wildman–Crippen MR) is 47.6 cm³/mol. The summed E-state index contributed by atoms with van der Waals surface area (Å²) in [5.41, 5.74) is 3.87. The van der Waals surface area contributed by atoms with Crippen molar-refractivity contribution in [1.29, 1.82) is 0 Å². The van der Waals surface area contributed by atoms with Crippen LogP contribution in [0, 0.1) is 0 Å². The van der Waals surface area contributed by atoms with Gasteiger partial charge in [0.25, 0.3) is 0 Å². The molecule has 0 saturated heterocycles. The molecule has 1 rings (SSSR count). The Morgan fingerprint density at radius 1 is 1.55 bits per heavy atom. The summed E-state index contributed by atoms with van der Waals surface area (Å²) in [6.07, 6.45) is 11.8. The molecule has 1 nitrogen and oxygen atoms in total. The first-order valence-electron chi connectivity index (χ1n) is 3.54. The molecule has 0 fully saturated rings. The molecule has 0 radical (unpaired) electrons. The van der Waals surface area contributed by atoms with Crippen LogP contribution in [0.2, 0.25) is 0 Å². The highest BCUT2D eigenvalue weighted by Crippen LogP contribution is 2.11. The van der Waals surface area contributed by atoms with Crippen LogP contribution in [0.5, 0.6) is 0 Å². The highest BCUT2D eigenvalue weighted by atomic mass is 15.1. The van der Waals surface area contributed by atoms with Gasteiger partial charge in [-0.1, -0.05) is 18.7 Å². The van der Waals surface area contributed by atoms with Crippen LogP contribution in [0.4, 0.5) is 0 Å². The first kappa shape index (κ1) is 7.64. The molecule has 1 heteroatoms. The van der Waals surface area contributed by atoms with Crippen LogP contribution in [0.15, 0.2) is 54.7 Å². The second kappa shape index (κ2) is 3.65. The maximum atomic E-state index is 3.52. The molecule has 0 amide bonds. The molecule has 0 unspecified atom stereocenters. The smallest absolute Gasteiger partial charge is 0.0505 e. The van der Waals surface area contributed by atoms with Gasteiger partial charge in [-0.3, -0.25) is 0 Å². The van der Waals surface area contributed by atoms with Gasteiger partial charge in [-0.05, 0) is 19.1 Å². The second-order valence-corrected chi connectivity index (χ2v) is 2.15. The average Bonchev–Trinajstić information content (AvgIpc) is 2.06. The molecule has 1 aliphatic heterocycles. The van der Waals surface area contributed by atoms with E-state index in [4.69, 9.17) is 0 Å². The Morgan fingerprint density at radius 3 is 3.00 bits per heavy atom. The van der Waals surface area contributed by atoms with Crippen LogP contribution < -0.4 is 0 Å². The lowest BCUT2D eigenvalue weighted by Gasteiger charge is -2.17. The lowest BCUT2D eigenvalue weighted by Crippen LogP contribution is -2.08. The lowest BCUT2D eigenvalue weighted by molar-refractivity contribution is 0.645. The van der Waals surface area contributed by atoms with Crippen LogP contribution in [0.25, 0.3) is 0 Å². The van der Waals surface area contributed by atoms with E-state index in [2.05, 4.69) is 12.3 Å². The van der Waals surface area contributed by atoms with Crippen molar-refractivity contribution < 1.29 is 0 Å². The molecule has 0 aromatic carbocycles. The van der Waals surface area contributed by atoms with Crippen molar-refractivity contribution in [2.24, 2.45) is 0 Å². The van der Waals surface area contributed by atoms with Gasteiger partial charge in [-0.15, -0.1) is 5.73 Å². The number of hydrogen-bond donors (Lipinski definition) is 0. The summed E-state index contributed by atoms with van der Waals surface area (Å²) < 4.78 is 0. The van der Waals surface area contributed by atoms with Crippen LogP contribution >= 0.6 is 0 Å². The van der Waals surface area contributed by atoms with Crippen molar-refractivity contribution in [2.45, 2.75) is 6.92 Å². The number of rotatable bonds is 1. The average molecular weight is 145 g/mol. The molecule has 0 aromatic heterocycles. The first-order valence-corrected chi connectivity index (χ1v) is 3.54. The summed E-state index contributed by atoms with van der Waals surface area (Å²) in [7, 11) is 0. The van der Waals surface area contributed by atoms with Crippen molar-refractivity contribution in [3.05, 3.63) is 54.7 Å². The van der Waals surface area contributed by atoms with E-state index in [1.165, 1.54) is 0 Å².